The Morgan fingerprint density at radius 2 is 2.08 bits per heavy atom. The van der Waals surface area contributed by atoms with Gasteiger partial charge in [0.25, 0.3) is 0 Å². The number of hydrogen-bond acceptors (Lipinski definition) is 5. The van der Waals surface area contributed by atoms with Crippen LogP contribution in [0.2, 0.25) is 5.02 Å². The molecular formula is C16H16ClN5O2. The van der Waals surface area contributed by atoms with E-state index in [9.17, 15) is 4.79 Å². The lowest BCUT2D eigenvalue weighted by molar-refractivity contribution is -0.137. The molecule has 8 heteroatoms. The first-order valence-corrected chi connectivity index (χ1v) is 7.85. The number of rotatable bonds is 6. The van der Waals surface area contributed by atoms with Crippen LogP contribution in [0.15, 0.2) is 30.6 Å². The van der Waals surface area contributed by atoms with Crippen molar-refractivity contribution >= 4 is 34.4 Å². The third-order valence-electron chi connectivity index (χ3n) is 3.71. The number of benzene rings is 1. The Balaban J connectivity index is 1.98. The number of aromatic nitrogens is 4. The van der Waals surface area contributed by atoms with Crippen LogP contribution in [0.25, 0.3) is 11.0 Å². The highest BCUT2D eigenvalue weighted by molar-refractivity contribution is 6.31. The standard InChI is InChI=1S/C16H16ClN5O2/c17-11-5-2-1-4-10(11)8-12-14-15(18)19-9-20-16(14)22(21-12)7-3-6-13(23)24/h1-2,4-5,9H,3,6-8H2,(H,23,24)(H2,18,19,20). The minimum absolute atomic E-state index is 0.0712. The van der Waals surface area contributed by atoms with E-state index >= 15 is 0 Å². The molecule has 0 atom stereocenters. The van der Waals surface area contributed by atoms with Crippen molar-refractivity contribution in [1.82, 2.24) is 19.7 Å². The van der Waals surface area contributed by atoms with Crippen molar-refractivity contribution in [3.8, 4) is 0 Å². The number of carboxylic acid groups (broad SMARTS) is 1. The van der Waals surface area contributed by atoms with Crippen molar-refractivity contribution in [2.75, 3.05) is 5.73 Å². The van der Waals surface area contributed by atoms with Crippen LogP contribution in [0, 0.1) is 0 Å². The maximum absolute atomic E-state index is 10.7. The predicted octanol–water partition coefficient (Wildman–Crippen LogP) is 2.52. The lowest BCUT2D eigenvalue weighted by Gasteiger charge is -2.02. The number of carbonyl (C=O) groups is 1. The van der Waals surface area contributed by atoms with Gasteiger partial charge in [-0.1, -0.05) is 29.8 Å². The molecule has 24 heavy (non-hydrogen) atoms. The second-order valence-electron chi connectivity index (χ2n) is 5.39. The maximum Gasteiger partial charge on any atom is 0.303 e. The van der Waals surface area contributed by atoms with Gasteiger partial charge in [-0.3, -0.25) is 4.79 Å². The van der Waals surface area contributed by atoms with Crippen molar-refractivity contribution < 1.29 is 9.90 Å². The van der Waals surface area contributed by atoms with E-state index in [1.807, 2.05) is 24.3 Å². The highest BCUT2D eigenvalue weighted by atomic mass is 35.5. The fourth-order valence-corrected chi connectivity index (χ4v) is 2.79. The van der Waals surface area contributed by atoms with Gasteiger partial charge >= 0.3 is 5.97 Å². The molecule has 2 heterocycles. The minimum Gasteiger partial charge on any atom is -0.481 e. The van der Waals surface area contributed by atoms with Crippen molar-refractivity contribution in [2.45, 2.75) is 25.8 Å². The van der Waals surface area contributed by atoms with Gasteiger partial charge in [-0.25, -0.2) is 14.6 Å². The molecule has 1 aromatic carbocycles. The largest absolute Gasteiger partial charge is 0.481 e. The highest BCUT2D eigenvalue weighted by Crippen LogP contribution is 2.26. The van der Waals surface area contributed by atoms with E-state index in [2.05, 4.69) is 15.1 Å². The first kappa shape index (κ1) is 16.2. The van der Waals surface area contributed by atoms with Crippen LogP contribution < -0.4 is 5.73 Å². The van der Waals surface area contributed by atoms with E-state index in [-0.39, 0.29) is 6.42 Å². The third-order valence-corrected chi connectivity index (χ3v) is 4.08. The molecule has 0 unspecified atom stereocenters. The number of halogens is 1. The summed E-state index contributed by atoms with van der Waals surface area (Å²) in [5.41, 5.74) is 8.27. The zero-order valence-electron chi connectivity index (χ0n) is 12.8. The molecule has 0 bridgehead atoms. The van der Waals surface area contributed by atoms with Gasteiger partial charge in [0.15, 0.2) is 5.65 Å². The van der Waals surface area contributed by atoms with E-state index < -0.39 is 5.97 Å². The second-order valence-corrected chi connectivity index (χ2v) is 5.80. The molecule has 0 aliphatic heterocycles. The lowest BCUT2D eigenvalue weighted by atomic mass is 10.1. The first-order valence-electron chi connectivity index (χ1n) is 7.47. The van der Waals surface area contributed by atoms with Gasteiger partial charge in [-0.2, -0.15) is 5.10 Å². The molecular weight excluding hydrogens is 330 g/mol. The van der Waals surface area contributed by atoms with Crippen molar-refractivity contribution in [1.29, 1.82) is 0 Å². The summed E-state index contributed by atoms with van der Waals surface area (Å²) in [6.45, 7) is 0.446. The number of fused-ring (bicyclic) bond motifs is 1. The summed E-state index contributed by atoms with van der Waals surface area (Å²) in [6, 6.07) is 7.53. The Kier molecular flexibility index (Phi) is 4.61. The molecule has 7 nitrogen and oxygen atoms in total. The fraction of sp³-hybridized carbons (Fsp3) is 0.250. The molecule has 0 saturated carbocycles. The molecule has 0 spiro atoms. The number of carboxylic acids is 1. The molecule has 0 amide bonds. The Bertz CT molecular complexity index is 893. The third kappa shape index (κ3) is 3.30. The Labute approximate surface area is 143 Å². The van der Waals surface area contributed by atoms with E-state index in [1.165, 1.54) is 6.33 Å². The van der Waals surface area contributed by atoms with Crippen molar-refractivity contribution in [3.05, 3.63) is 46.9 Å². The Morgan fingerprint density at radius 1 is 1.29 bits per heavy atom. The van der Waals surface area contributed by atoms with Crippen LogP contribution in [0.5, 0.6) is 0 Å². The van der Waals surface area contributed by atoms with Gasteiger partial charge in [-0.05, 0) is 18.1 Å². The smallest absolute Gasteiger partial charge is 0.303 e. The second kappa shape index (κ2) is 6.84. The van der Waals surface area contributed by atoms with Crippen LogP contribution in [-0.4, -0.2) is 30.8 Å². The summed E-state index contributed by atoms with van der Waals surface area (Å²) in [5, 5.41) is 14.7. The van der Waals surface area contributed by atoms with Gasteiger partial charge in [0.05, 0.1) is 11.1 Å². The Hall–Kier alpha value is -2.67. The molecule has 3 aromatic rings. The van der Waals surface area contributed by atoms with E-state index in [4.69, 9.17) is 22.4 Å². The fourth-order valence-electron chi connectivity index (χ4n) is 2.59. The Morgan fingerprint density at radius 3 is 2.83 bits per heavy atom. The summed E-state index contributed by atoms with van der Waals surface area (Å²) in [4.78, 5) is 19.0. The number of nitrogen functional groups attached to an aromatic ring is 1. The SMILES string of the molecule is Nc1ncnc2c1c(Cc1ccccc1Cl)nn2CCCC(=O)O. The summed E-state index contributed by atoms with van der Waals surface area (Å²) in [6.07, 6.45) is 2.41. The molecule has 2 aromatic heterocycles. The van der Waals surface area contributed by atoms with Crippen molar-refractivity contribution in [2.24, 2.45) is 0 Å². The number of aryl methyl sites for hydroxylation is 1. The maximum atomic E-state index is 10.7. The average molecular weight is 346 g/mol. The quantitative estimate of drug-likeness (QED) is 0.710. The van der Waals surface area contributed by atoms with Crippen LogP contribution in [-0.2, 0) is 17.8 Å². The molecule has 0 fully saturated rings. The lowest BCUT2D eigenvalue weighted by Crippen LogP contribution is -2.05. The highest BCUT2D eigenvalue weighted by Gasteiger charge is 2.16. The number of nitrogens with two attached hydrogens (primary N) is 1. The van der Waals surface area contributed by atoms with Gasteiger partial charge in [0, 0.05) is 24.4 Å². The monoisotopic (exact) mass is 345 g/mol. The summed E-state index contributed by atoms with van der Waals surface area (Å²) in [7, 11) is 0. The molecule has 124 valence electrons. The van der Waals surface area contributed by atoms with Crippen LogP contribution in [0.3, 0.4) is 0 Å². The summed E-state index contributed by atoms with van der Waals surface area (Å²) >= 11 is 6.23. The van der Waals surface area contributed by atoms with Gasteiger partial charge in [0.2, 0.25) is 0 Å². The van der Waals surface area contributed by atoms with Gasteiger partial charge in [-0.15, -0.1) is 0 Å². The van der Waals surface area contributed by atoms with Gasteiger partial charge in [0.1, 0.15) is 12.1 Å². The van der Waals surface area contributed by atoms with Crippen LogP contribution in [0.4, 0.5) is 5.82 Å². The van der Waals surface area contributed by atoms with E-state index in [0.717, 1.165) is 11.3 Å². The van der Waals surface area contributed by atoms with E-state index in [1.54, 1.807) is 4.68 Å². The molecule has 0 aliphatic rings. The molecule has 0 saturated heterocycles. The van der Waals surface area contributed by atoms with Crippen LogP contribution >= 0.6 is 11.6 Å². The number of nitrogens with zero attached hydrogens (tertiary/aromatic N) is 4. The summed E-state index contributed by atoms with van der Waals surface area (Å²) in [5.74, 6) is -0.483. The zero-order chi connectivity index (χ0) is 17.1. The topological polar surface area (TPSA) is 107 Å². The minimum atomic E-state index is -0.836. The summed E-state index contributed by atoms with van der Waals surface area (Å²) < 4.78 is 1.68. The average Bonchev–Trinajstić information content (AvgIpc) is 2.89. The predicted molar refractivity (Wildman–Crippen MR) is 90.9 cm³/mol. The van der Waals surface area contributed by atoms with E-state index in [0.29, 0.717) is 41.3 Å². The molecule has 0 aliphatic carbocycles. The number of aliphatic carboxylic acids is 1. The van der Waals surface area contributed by atoms with Gasteiger partial charge < -0.3 is 10.8 Å². The first-order chi connectivity index (χ1) is 11.6. The number of anilines is 1. The normalized spacial score (nSPS) is 11.0. The molecule has 3 rings (SSSR count). The van der Waals surface area contributed by atoms with Crippen LogP contribution in [0.1, 0.15) is 24.1 Å². The molecule has 3 N–H and O–H groups in total. The van der Waals surface area contributed by atoms with Crippen molar-refractivity contribution in [3.63, 3.8) is 0 Å². The molecule has 0 radical (unpaired) electrons. The zero-order valence-corrected chi connectivity index (χ0v) is 13.6. The number of hydrogen-bond donors (Lipinski definition) is 2.